The number of aryl methyl sites for hydroxylation is 1. The maximum atomic E-state index is 13.9. The minimum absolute atomic E-state index is 0.156. The molecular formula is C20H21FN2O4. The third kappa shape index (κ3) is 5.13. The number of benzene rings is 2. The zero-order chi connectivity index (χ0) is 20.1. The molecule has 0 saturated heterocycles. The van der Waals surface area contributed by atoms with Gasteiger partial charge in [-0.15, -0.1) is 0 Å². The zero-order valence-corrected chi connectivity index (χ0v) is 15.2. The number of carbonyl (C=O) groups is 3. The zero-order valence-electron chi connectivity index (χ0n) is 15.2. The number of amides is 2. The van der Waals surface area contributed by atoms with Crippen LogP contribution < -0.4 is 10.6 Å². The summed E-state index contributed by atoms with van der Waals surface area (Å²) in [6, 6.07) is 9.05. The van der Waals surface area contributed by atoms with Crippen LogP contribution in [0.15, 0.2) is 42.5 Å². The molecule has 0 spiro atoms. The second-order valence-electron chi connectivity index (χ2n) is 6.55. The van der Waals surface area contributed by atoms with Crippen LogP contribution in [0.25, 0.3) is 0 Å². The molecule has 2 amide bonds. The Balaban J connectivity index is 2.18. The summed E-state index contributed by atoms with van der Waals surface area (Å²) in [5, 5.41) is 14.0. The molecule has 0 aliphatic carbocycles. The number of anilines is 1. The van der Waals surface area contributed by atoms with E-state index in [0.29, 0.717) is 5.56 Å². The first-order chi connectivity index (χ1) is 12.7. The topological polar surface area (TPSA) is 95.5 Å². The van der Waals surface area contributed by atoms with Gasteiger partial charge >= 0.3 is 5.97 Å². The van der Waals surface area contributed by atoms with E-state index in [0.717, 1.165) is 23.8 Å². The molecule has 1 unspecified atom stereocenters. The Morgan fingerprint density at radius 2 is 1.59 bits per heavy atom. The Morgan fingerprint density at radius 1 is 1.00 bits per heavy atom. The van der Waals surface area contributed by atoms with E-state index >= 15 is 0 Å². The van der Waals surface area contributed by atoms with Crippen LogP contribution in [0, 0.1) is 18.7 Å². The summed E-state index contributed by atoms with van der Waals surface area (Å²) < 4.78 is 13.9. The van der Waals surface area contributed by atoms with Crippen LogP contribution in [-0.2, 0) is 4.79 Å². The first kappa shape index (κ1) is 20.1. The number of rotatable bonds is 6. The molecule has 0 aliphatic heterocycles. The fraction of sp³-hybridized carbons (Fsp3) is 0.250. The highest BCUT2D eigenvalue weighted by atomic mass is 19.1. The summed E-state index contributed by atoms with van der Waals surface area (Å²) >= 11 is 0. The summed E-state index contributed by atoms with van der Waals surface area (Å²) in [6.07, 6.45) is 0. The summed E-state index contributed by atoms with van der Waals surface area (Å²) in [5.74, 6) is -3.33. The van der Waals surface area contributed by atoms with Crippen LogP contribution in [0.5, 0.6) is 0 Å². The van der Waals surface area contributed by atoms with E-state index in [2.05, 4.69) is 10.6 Å². The number of carboxylic acid groups (broad SMARTS) is 1. The predicted octanol–water partition coefficient (Wildman–Crippen LogP) is 3.23. The third-order valence-corrected chi connectivity index (χ3v) is 4.02. The molecule has 2 rings (SSSR count). The molecule has 2 aromatic carbocycles. The van der Waals surface area contributed by atoms with Crippen molar-refractivity contribution in [1.82, 2.24) is 5.32 Å². The van der Waals surface area contributed by atoms with Crippen molar-refractivity contribution in [2.75, 3.05) is 5.32 Å². The number of nitrogens with one attached hydrogen (secondary N) is 2. The summed E-state index contributed by atoms with van der Waals surface area (Å²) in [7, 11) is 0. The number of hydrogen-bond donors (Lipinski definition) is 3. The van der Waals surface area contributed by atoms with Crippen molar-refractivity contribution in [1.29, 1.82) is 0 Å². The van der Waals surface area contributed by atoms with E-state index in [9.17, 15) is 18.8 Å². The minimum Gasteiger partial charge on any atom is -0.478 e. The van der Waals surface area contributed by atoms with E-state index in [1.807, 2.05) is 6.92 Å². The standard InChI is InChI=1S/C20H21FN2O4/c1-11(2)17(23-18(24)13-6-4-12(3)5-7-13)19(25)22-16-10-14(20(26)27)8-9-15(16)21/h4-11,17H,1-3H3,(H,22,25)(H,23,24)(H,26,27). The molecule has 0 fully saturated rings. The lowest BCUT2D eigenvalue weighted by atomic mass is 10.0. The highest BCUT2D eigenvalue weighted by molar-refractivity contribution is 6.01. The van der Waals surface area contributed by atoms with E-state index in [1.165, 1.54) is 0 Å². The third-order valence-electron chi connectivity index (χ3n) is 4.02. The van der Waals surface area contributed by atoms with Crippen molar-refractivity contribution in [3.05, 3.63) is 65.0 Å². The van der Waals surface area contributed by atoms with Gasteiger partial charge in [-0.05, 0) is 43.2 Å². The maximum absolute atomic E-state index is 13.9. The number of hydrogen-bond acceptors (Lipinski definition) is 3. The highest BCUT2D eigenvalue weighted by Crippen LogP contribution is 2.18. The highest BCUT2D eigenvalue weighted by Gasteiger charge is 2.25. The molecule has 2 aromatic rings. The largest absolute Gasteiger partial charge is 0.478 e. The average Bonchev–Trinajstić information content (AvgIpc) is 2.61. The molecule has 7 heteroatoms. The monoisotopic (exact) mass is 372 g/mol. The SMILES string of the molecule is Cc1ccc(C(=O)NC(C(=O)Nc2cc(C(=O)O)ccc2F)C(C)C)cc1. The predicted molar refractivity (Wildman–Crippen MR) is 99.3 cm³/mol. The van der Waals surface area contributed by atoms with Gasteiger partial charge in [-0.25, -0.2) is 9.18 Å². The molecule has 3 N–H and O–H groups in total. The van der Waals surface area contributed by atoms with Crippen LogP contribution in [0.2, 0.25) is 0 Å². The molecule has 0 bridgehead atoms. The second kappa shape index (κ2) is 8.44. The first-order valence-electron chi connectivity index (χ1n) is 8.40. The Labute approximate surface area is 156 Å². The van der Waals surface area contributed by atoms with Crippen molar-refractivity contribution in [3.63, 3.8) is 0 Å². The van der Waals surface area contributed by atoms with Gasteiger partial charge in [0.2, 0.25) is 5.91 Å². The van der Waals surface area contributed by atoms with E-state index in [-0.39, 0.29) is 17.2 Å². The van der Waals surface area contributed by atoms with E-state index in [4.69, 9.17) is 5.11 Å². The van der Waals surface area contributed by atoms with Gasteiger partial charge in [0.15, 0.2) is 0 Å². The summed E-state index contributed by atoms with van der Waals surface area (Å²) in [5.41, 5.74) is 0.989. The van der Waals surface area contributed by atoms with Gasteiger partial charge in [0.1, 0.15) is 11.9 Å². The molecular weight excluding hydrogens is 351 g/mol. The number of carboxylic acids is 1. The quantitative estimate of drug-likeness (QED) is 0.725. The van der Waals surface area contributed by atoms with Crippen LogP contribution >= 0.6 is 0 Å². The maximum Gasteiger partial charge on any atom is 0.335 e. The van der Waals surface area contributed by atoms with Gasteiger partial charge in [0.05, 0.1) is 11.3 Å². The molecule has 142 valence electrons. The smallest absolute Gasteiger partial charge is 0.335 e. The Kier molecular flexibility index (Phi) is 6.28. The summed E-state index contributed by atoms with van der Waals surface area (Å²) in [6.45, 7) is 5.37. The second-order valence-corrected chi connectivity index (χ2v) is 6.55. The molecule has 6 nitrogen and oxygen atoms in total. The van der Waals surface area contributed by atoms with Gasteiger partial charge in [-0.3, -0.25) is 9.59 Å². The molecule has 0 aromatic heterocycles. The first-order valence-corrected chi connectivity index (χ1v) is 8.40. The van der Waals surface area contributed by atoms with E-state index < -0.39 is 29.6 Å². The summed E-state index contributed by atoms with van der Waals surface area (Å²) in [4.78, 5) is 36.0. The van der Waals surface area contributed by atoms with Crippen LogP contribution in [-0.4, -0.2) is 28.9 Å². The van der Waals surface area contributed by atoms with Crippen LogP contribution in [0.3, 0.4) is 0 Å². The Hall–Kier alpha value is -3.22. The van der Waals surface area contributed by atoms with Gasteiger partial charge in [0, 0.05) is 5.56 Å². The number of halogens is 1. The van der Waals surface area contributed by atoms with Crippen LogP contribution in [0.4, 0.5) is 10.1 Å². The average molecular weight is 372 g/mol. The normalized spacial score (nSPS) is 11.7. The molecule has 1 atom stereocenters. The lowest BCUT2D eigenvalue weighted by Gasteiger charge is -2.22. The molecule has 0 radical (unpaired) electrons. The van der Waals surface area contributed by atoms with Gasteiger partial charge in [-0.2, -0.15) is 0 Å². The van der Waals surface area contributed by atoms with Gasteiger partial charge < -0.3 is 15.7 Å². The Bertz CT molecular complexity index is 863. The number of aromatic carboxylic acids is 1. The van der Waals surface area contributed by atoms with Crippen molar-refractivity contribution in [2.24, 2.45) is 5.92 Å². The molecule has 0 heterocycles. The van der Waals surface area contributed by atoms with Crippen molar-refractivity contribution >= 4 is 23.5 Å². The fourth-order valence-corrected chi connectivity index (χ4v) is 2.43. The van der Waals surface area contributed by atoms with Crippen LogP contribution in [0.1, 0.15) is 40.1 Å². The van der Waals surface area contributed by atoms with Crippen molar-refractivity contribution in [2.45, 2.75) is 26.8 Å². The number of carbonyl (C=O) groups excluding carboxylic acids is 2. The fourth-order valence-electron chi connectivity index (χ4n) is 2.43. The van der Waals surface area contributed by atoms with Crippen molar-refractivity contribution < 1.29 is 23.9 Å². The molecule has 0 aliphatic rings. The molecule has 27 heavy (non-hydrogen) atoms. The van der Waals surface area contributed by atoms with Crippen molar-refractivity contribution in [3.8, 4) is 0 Å². The lowest BCUT2D eigenvalue weighted by molar-refractivity contribution is -0.118. The van der Waals surface area contributed by atoms with E-state index in [1.54, 1.807) is 38.1 Å². The van der Waals surface area contributed by atoms with Gasteiger partial charge in [-0.1, -0.05) is 31.5 Å². The lowest BCUT2D eigenvalue weighted by Crippen LogP contribution is -2.47. The Morgan fingerprint density at radius 3 is 2.15 bits per heavy atom. The minimum atomic E-state index is -1.24. The molecule has 0 saturated carbocycles. The van der Waals surface area contributed by atoms with Gasteiger partial charge in [0.25, 0.3) is 5.91 Å².